The molecule has 0 atom stereocenters. The highest BCUT2D eigenvalue weighted by Crippen LogP contribution is 2.13. The van der Waals surface area contributed by atoms with Gasteiger partial charge >= 0.3 is 0 Å². The number of carbonyl (C=O) groups excluding carboxylic acids is 1. The Morgan fingerprint density at radius 2 is 2.06 bits per heavy atom. The second kappa shape index (κ2) is 5.49. The maximum Gasteiger partial charge on any atom is 0.163 e. The van der Waals surface area contributed by atoms with Crippen molar-refractivity contribution < 1.29 is 9.53 Å². The molecule has 1 aromatic heterocycles. The van der Waals surface area contributed by atoms with Gasteiger partial charge in [0.2, 0.25) is 0 Å². The van der Waals surface area contributed by atoms with Crippen LogP contribution in [0.4, 0.5) is 0 Å². The molecule has 0 fully saturated rings. The molecule has 0 aliphatic rings. The van der Waals surface area contributed by atoms with Gasteiger partial charge in [0.05, 0.1) is 7.11 Å². The minimum Gasteiger partial charge on any atom is -0.497 e. The summed E-state index contributed by atoms with van der Waals surface area (Å²) >= 11 is 0. The molecule has 4 nitrogen and oxygen atoms in total. The average Bonchev–Trinajstić information content (AvgIpc) is 2.81. The van der Waals surface area contributed by atoms with E-state index in [1.807, 2.05) is 17.8 Å². The summed E-state index contributed by atoms with van der Waals surface area (Å²) in [5.74, 6) is 1.81. The number of ketones is 1. The lowest BCUT2D eigenvalue weighted by atomic mass is 10.1. The van der Waals surface area contributed by atoms with E-state index in [0.29, 0.717) is 18.4 Å². The molecule has 94 valence electrons. The molecule has 0 unspecified atom stereocenters. The van der Waals surface area contributed by atoms with Gasteiger partial charge in [0.25, 0.3) is 0 Å². The van der Waals surface area contributed by atoms with Crippen LogP contribution in [0.1, 0.15) is 22.6 Å². The van der Waals surface area contributed by atoms with Gasteiger partial charge in [-0.3, -0.25) is 4.79 Å². The molecule has 4 heteroatoms. The fraction of sp³-hybridized carbons (Fsp3) is 0.286. The van der Waals surface area contributed by atoms with Crippen LogP contribution in [0.3, 0.4) is 0 Å². The molecule has 2 aromatic rings. The van der Waals surface area contributed by atoms with Crippen LogP contribution in [-0.2, 0) is 13.5 Å². The second-order valence-electron chi connectivity index (χ2n) is 4.11. The summed E-state index contributed by atoms with van der Waals surface area (Å²) in [6, 6.07) is 7.18. The van der Waals surface area contributed by atoms with Crippen molar-refractivity contribution in [3.05, 3.63) is 48.0 Å². The summed E-state index contributed by atoms with van der Waals surface area (Å²) in [4.78, 5) is 16.2. The quantitative estimate of drug-likeness (QED) is 0.758. The maximum atomic E-state index is 12.0. The van der Waals surface area contributed by atoms with Crippen LogP contribution in [0.5, 0.6) is 5.75 Å². The van der Waals surface area contributed by atoms with Crippen LogP contribution < -0.4 is 4.74 Å². The smallest absolute Gasteiger partial charge is 0.163 e. The number of methoxy groups -OCH3 is 1. The summed E-state index contributed by atoms with van der Waals surface area (Å²) in [5, 5.41) is 0. The lowest BCUT2D eigenvalue weighted by Crippen LogP contribution is -2.04. The molecule has 0 bridgehead atoms. The van der Waals surface area contributed by atoms with Crippen molar-refractivity contribution in [2.45, 2.75) is 12.8 Å². The van der Waals surface area contributed by atoms with Crippen LogP contribution in [0, 0.1) is 0 Å². The fourth-order valence-corrected chi connectivity index (χ4v) is 1.78. The highest BCUT2D eigenvalue weighted by Gasteiger charge is 2.08. The Bertz CT molecular complexity index is 529. The van der Waals surface area contributed by atoms with Crippen molar-refractivity contribution in [1.29, 1.82) is 0 Å². The third-order valence-corrected chi connectivity index (χ3v) is 2.91. The maximum absolute atomic E-state index is 12.0. The van der Waals surface area contributed by atoms with E-state index in [1.54, 1.807) is 37.6 Å². The Labute approximate surface area is 106 Å². The fourth-order valence-electron chi connectivity index (χ4n) is 1.78. The van der Waals surface area contributed by atoms with Crippen LogP contribution in [0.2, 0.25) is 0 Å². The molecular formula is C14H16N2O2. The minimum absolute atomic E-state index is 0.126. The Morgan fingerprint density at radius 1 is 1.33 bits per heavy atom. The number of carbonyl (C=O) groups is 1. The number of rotatable bonds is 5. The van der Waals surface area contributed by atoms with E-state index in [0.717, 1.165) is 11.6 Å². The summed E-state index contributed by atoms with van der Waals surface area (Å²) in [6.07, 6.45) is 4.76. The molecule has 1 aromatic carbocycles. The molecule has 1 heterocycles. The zero-order valence-corrected chi connectivity index (χ0v) is 10.6. The highest BCUT2D eigenvalue weighted by atomic mass is 16.5. The van der Waals surface area contributed by atoms with Crippen molar-refractivity contribution in [2.24, 2.45) is 7.05 Å². The van der Waals surface area contributed by atoms with E-state index in [2.05, 4.69) is 4.98 Å². The van der Waals surface area contributed by atoms with Gasteiger partial charge in [-0.05, 0) is 24.3 Å². The topological polar surface area (TPSA) is 44.1 Å². The van der Waals surface area contributed by atoms with Crippen LogP contribution >= 0.6 is 0 Å². The Hall–Kier alpha value is -2.10. The first-order valence-corrected chi connectivity index (χ1v) is 5.84. The largest absolute Gasteiger partial charge is 0.497 e. The first kappa shape index (κ1) is 12.4. The number of aromatic nitrogens is 2. The van der Waals surface area contributed by atoms with Gasteiger partial charge in [0.15, 0.2) is 5.78 Å². The first-order chi connectivity index (χ1) is 8.70. The number of hydrogen-bond acceptors (Lipinski definition) is 3. The van der Waals surface area contributed by atoms with Gasteiger partial charge in [-0.2, -0.15) is 0 Å². The van der Waals surface area contributed by atoms with Crippen molar-refractivity contribution in [2.75, 3.05) is 7.11 Å². The third kappa shape index (κ3) is 2.77. The zero-order valence-electron chi connectivity index (χ0n) is 10.6. The zero-order chi connectivity index (χ0) is 13.0. The predicted molar refractivity (Wildman–Crippen MR) is 68.9 cm³/mol. The lowest BCUT2D eigenvalue weighted by molar-refractivity contribution is 0.0982. The monoisotopic (exact) mass is 244 g/mol. The molecule has 0 spiro atoms. The first-order valence-electron chi connectivity index (χ1n) is 5.84. The molecule has 0 saturated heterocycles. The van der Waals surface area contributed by atoms with Gasteiger partial charge < -0.3 is 9.30 Å². The van der Waals surface area contributed by atoms with Crippen molar-refractivity contribution in [3.8, 4) is 5.75 Å². The number of benzene rings is 1. The summed E-state index contributed by atoms with van der Waals surface area (Å²) in [5.41, 5.74) is 0.713. The van der Waals surface area contributed by atoms with E-state index in [9.17, 15) is 4.79 Å². The number of Topliss-reactive ketones (excluding diaryl/α,β-unsaturated/α-hetero) is 1. The number of hydrogen-bond donors (Lipinski definition) is 0. The number of ether oxygens (including phenoxy) is 1. The van der Waals surface area contributed by atoms with Gasteiger partial charge in [-0.1, -0.05) is 0 Å². The van der Waals surface area contributed by atoms with Crippen molar-refractivity contribution in [3.63, 3.8) is 0 Å². The van der Waals surface area contributed by atoms with E-state index in [4.69, 9.17) is 4.74 Å². The summed E-state index contributed by atoms with van der Waals surface area (Å²) in [7, 11) is 3.54. The van der Waals surface area contributed by atoms with Crippen LogP contribution in [-0.4, -0.2) is 22.4 Å². The SMILES string of the molecule is COc1ccc(C(=O)CCc2nccn2C)cc1. The van der Waals surface area contributed by atoms with Crippen LogP contribution in [0.15, 0.2) is 36.7 Å². The third-order valence-electron chi connectivity index (χ3n) is 2.91. The standard InChI is InChI=1S/C14H16N2O2/c1-16-10-9-15-14(16)8-7-13(17)11-3-5-12(18-2)6-4-11/h3-6,9-10H,7-8H2,1-2H3. The number of nitrogens with zero attached hydrogens (tertiary/aromatic N) is 2. The molecule has 0 amide bonds. The van der Waals surface area contributed by atoms with Gasteiger partial charge in [-0.25, -0.2) is 4.98 Å². The Kier molecular flexibility index (Phi) is 3.77. The molecule has 0 radical (unpaired) electrons. The molecule has 0 saturated carbocycles. The summed E-state index contributed by atoms with van der Waals surface area (Å²) < 4.78 is 6.99. The summed E-state index contributed by atoms with van der Waals surface area (Å²) in [6.45, 7) is 0. The lowest BCUT2D eigenvalue weighted by Gasteiger charge is -2.03. The van der Waals surface area contributed by atoms with Crippen LogP contribution in [0.25, 0.3) is 0 Å². The molecular weight excluding hydrogens is 228 g/mol. The van der Waals surface area contributed by atoms with Gasteiger partial charge in [0.1, 0.15) is 11.6 Å². The predicted octanol–water partition coefficient (Wildman–Crippen LogP) is 2.24. The second-order valence-corrected chi connectivity index (χ2v) is 4.11. The van der Waals surface area contributed by atoms with E-state index in [1.165, 1.54) is 0 Å². The molecule has 0 aliphatic heterocycles. The van der Waals surface area contributed by atoms with E-state index < -0.39 is 0 Å². The number of aryl methyl sites for hydroxylation is 2. The molecule has 0 aliphatic carbocycles. The van der Waals surface area contributed by atoms with Crippen molar-refractivity contribution in [1.82, 2.24) is 9.55 Å². The Morgan fingerprint density at radius 3 is 2.61 bits per heavy atom. The molecule has 2 rings (SSSR count). The Balaban J connectivity index is 1.97. The van der Waals surface area contributed by atoms with E-state index >= 15 is 0 Å². The highest BCUT2D eigenvalue weighted by molar-refractivity contribution is 5.96. The van der Waals surface area contributed by atoms with Crippen molar-refractivity contribution >= 4 is 5.78 Å². The van der Waals surface area contributed by atoms with E-state index in [-0.39, 0.29) is 5.78 Å². The minimum atomic E-state index is 0.126. The normalized spacial score (nSPS) is 10.3. The van der Waals surface area contributed by atoms with Gasteiger partial charge in [-0.15, -0.1) is 0 Å². The average molecular weight is 244 g/mol. The molecule has 0 N–H and O–H groups in total. The van der Waals surface area contributed by atoms with Gasteiger partial charge in [0, 0.05) is 37.8 Å². The molecule has 18 heavy (non-hydrogen) atoms. The number of imidazole rings is 1.